The molecule has 5 aromatic rings. The lowest BCUT2D eigenvalue weighted by Crippen LogP contribution is -2.37. The van der Waals surface area contributed by atoms with E-state index in [9.17, 15) is 4.79 Å². The van der Waals surface area contributed by atoms with E-state index in [4.69, 9.17) is 36.3 Å². The van der Waals surface area contributed by atoms with Gasteiger partial charge in [0.15, 0.2) is 0 Å². The molecule has 0 saturated carbocycles. The third kappa shape index (κ3) is 12.7. The molecule has 0 radical (unpaired) electrons. The van der Waals surface area contributed by atoms with E-state index in [-0.39, 0.29) is 6.03 Å². The molecule has 15 heteroatoms. The van der Waals surface area contributed by atoms with E-state index in [1.807, 2.05) is 79.4 Å². The molecule has 14 nitrogen and oxygen atoms in total. The Balaban J connectivity index is 0.000000208. The Kier molecular flexibility index (Phi) is 15.6. The number of aryl methyl sites for hydroxylation is 2. The minimum absolute atomic E-state index is 0.287. The van der Waals surface area contributed by atoms with Crippen molar-refractivity contribution in [3.63, 3.8) is 0 Å². The summed E-state index contributed by atoms with van der Waals surface area (Å²) in [5.74, 6) is 1.61. The molecule has 7 rings (SSSR count). The Morgan fingerprint density at radius 1 is 0.737 bits per heavy atom. The first-order valence-corrected chi connectivity index (χ1v) is 19.9. The highest BCUT2D eigenvalue weighted by molar-refractivity contribution is 6.30. The summed E-state index contributed by atoms with van der Waals surface area (Å²) in [5.41, 5.74) is 12.1. The normalized spacial score (nSPS) is 14.7. The van der Waals surface area contributed by atoms with Crippen LogP contribution in [-0.2, 0) is 30.1 Å². The number of nitrogens with two attached hydrogens (primary N) is 1. The molecule has 304 valence electrons. The molecular weight excluding hydrogens is 746 g/mol. The summed E-state index contributed by atoms with van der Waals surface area (Å²) in [4.78, 5) is 17.3. The lowest BCUT2D eigenvalue weighted by Gasteiger charge is -2.26. The summed E-state index contributed by atoms with van der Waals surface area (Å²) in [6.45, 7) is 11.0. The number of carbonyl (C=O) groups is 1. The highest BCUT2D eigenvalue weighted by atomic mass is 35.5. The van der Waals surface area contributed by atoms with E-state index in [2.05, 4.69) is 30.6 Å². The van der Waals surface area contributed by atoms with Crippen molar-refractivity contribution in [2.24, 2.45) is 14.1 Å². The Bertz CT molecular complexity index is 1990. The van der Waals surface area contributed by atoms with E-state index in [1.54, 1.807) is 29.2 Å². The van der Waals surface area contributed by atoms with Crippen LogP contribution in [0, 0.1) is 0 Å². The first-order chi connectivity index (χ1) is 27.8. The van der Waals surface area contributed by atoms with Crippen molar-refractivity contribution < 1.29 is 23.7 Å². The second-order valence-electron chi connectivity index (χ2n) is 13.9. The average Bonchev–Trinajstić information content (AvgIpc) is 3.87. The van der Waals surface area contributed by atoms with Gasteiger partial charge in [-0.15, -0.1) is 0 Å². The summed E-state index contributed by atoms with van der Waals surface area (Å²) >= 11 is 5.92. The maximum absolute atomic E-state index is 12.5. The van der Waals surface area contributed by atoms with Crippen molar-refractivity contribution in [2.75, 3.05) is 90.0 Å². The van der Waals surface area contributed by atoms with Crippen molar-refractivity contribution >= 4 is 29.0 Å². The Morgan fingerprint density at radius 3 is 1.79 bits per heavy atom. The molecular formula is C42H54ClN9O5. The van der Waals surface area contributed by atoms with Crippen molar-refractivity contribution in [1.29, 1.82) is 0 Å². The number of halogens is 1. The van der Waals surface area contributed by atoms with Crippen LogP contribution in [0.2, 0.25) is 5.02 Å². The first kappa shape index (κ1) is 41.5. The Morgan fingerprint density at radius 2 is 1.26 bits per heavy atom. The van der Waals surface area contributed by atoms with Gasteiger partial charge in [0.25, 0.3) is 0 Å². The number of aromatic nitrogens is 4. The van der Waals surface area contributed by atoms with Crippen LogP contribution in [0.4, 0.5) is 16.2 Å². The molecule has 0 spiro atoms. The maximum Gasteiger partial charge on any atom is 0.319 e. The van der Waals surface area contributed by atoms with Crippen LogP contribution in [0.15, 0.2) is 85.2 Å². The number of nitrogen functional groups attached to an aromatic ring is 1. The molecule has 2 amide bonds. The number of anilines is 2. The van der Waals surface area contributed by atoms with Gasteiger partial charge in [-0.25, -0.2) is 4.79 Å². The fraction of sp³-hybridized carbons (Fsp3) is 0.405. The number of hydrogen-bond donors (Lipinski definition) is 3. The van der Waals surface area contributed by atoms with Gasteiger partial charge in [0.1, 0.15) is 11.5 Å². The van der Waals surface area contributed by atoms with Gasteiger partial charge in [-0.3, -0.25) is 19.2 Å². The zero-order valence-corrected chi connectivity index (χ0v) is 33.6. The molecule has 0 aliphatic carbocycles. The lowest BCUT2D eigenvalue weighted by atomic mass is 10.1. The van der Waals surface area contributed by atoms with Crippen LogP contribution >= 0.6 is 11.6 Å². The predicted octanol–water partition coefficient (Wildman–Crippen LogP) is 5.93. The number of ether oxygens (including phenoxy) is 4. The number of benzene rings is 3. The van der Waals surface area contributed by atoms with Gasteiger partial charge in [0, 0.05) is 99.8 Å². The number of nitrogens with zero attached hydrogens (tertiary/aromatic N) is 6. The molecule has 2 fully saturated rings. The van der Waals surface area contributed by atoms with Crippen molar-refractivity contribution in [3.8, 4) is 34.0 Å². The summed E-state index contributed by atoms with van der Waals surface area (Å²) in [6, 6.07) is 22.4. The molecule has 2 aliphatic heterocycles. The second-order valence-corrected chi connectivity index (χ2v) is 14.3. The maximum atomic E-state index is 12.5. The van der Waals surface area contributed by atoms with Crippen molar-refractivity contribution in [1.82, 2.24) is 34.7 Å². The van der Waals surface area contributed by atoms with Gasteiger partial charge in [0.2, 0.25) is 0 Å². The first-order valence-electron chi connectivity index (χ1n) is 19.5. The van der Waals surface area contributed by atoms with E-state index in [1.165, 1.54) is 0 Å². The van der Waals surface area contributed by atoms with E-state index < -0.39 is 0 Å². The molecule has 0 atom stereocenters. The number of amides is 2. The number of rotatable bonds is 15. The fourth-order valence-corrected chi connectivity index (χ4v) is 6.76. The molecule has 0 bridgehead atoms. The fourth-order valence-electron chi connectivity index (χ4n) is 6.63. The third-order valence-electron chi connectivity index (χ3n) is 9.76. The molecule has 2 aliphatic rings. The minimum atomic E-state index is -0.287. The van der Waals surface area contributed by atoms with E-state index in [0.717, 1.165) is 124 Å². The third-order valence-corrected chi connectivity index (χ3v) is 10.0. The summed E-state index contributed by atoms with van der Waals surface area (Å²) < 4.78 is 26.5. The number of nitrogens with one attached hydrogen (secondary N) is 2. The summed E-state index contributed by atoms with van der Waals surface area (Å²) in [7, 11) is 3.80. The Hall–Kier alpha value is -5.12. The monoisotopic (exact) mass is 799 g/mol. The predicted molar refractivity (Wildman–Crippen MR) is 224 cm³/mol. The van der Waals surface area contributed by atoms with E-state index in [0.29, 0.717) is 30.5 Å². The number of carbonyl (C=O) groups excluding carboxylic acids is 1. The molecule has 4 heterocycles. The second kappa shape index (κ2) is 21.4. The number of hydrogen-bond acceptors (Lipinski definition) is 10. The summed E-state index contributed by atoms with van der Waals surface area (Å²) in [6.07, 6.45) is 5.45. The van der Waals surface area contributed by atoms with Crippen LogP contribution in [0.1, 0.15) is 18.4 Å². The number of urea groups is 1. The molecule has 0 unspecified atom stereocenters. The molecule has 57 heavy (non-hydrogen) atoms. The average molecular weight is 800 g/mol. The zero-order chi connectivity index (χ0) is 39.8. The zero-order valence-electron chi connectivity index (χ0n) is 32.9. The molecule has 2 saturated heterocycles. The molecule has 2 aromatic heterocycles. The SMILES string of the molecule is Cn1nccc1-c1cc(N)ccc1OCCCN1CCOCC1.Cn1nccc1-c1cc(NC(=O)NCc2ccc(Cl)cc2)ccc1OCCCN1CCOCC1. The quantitative estimate of drug-likeness (QED) is 0.0861. The van der Waals surface area contributed by atoms with Crippen molar-refractivity contribution in [3.05, 3.63) is 95.8 Å². The van der Waals surface area contributed by atoms with Gasteiger partial charge >= 0.3 is 6.03 Å². The van der Waals surface area contributed by atoms with Crippen LogP contribution in [0.3, 0.4) is 0 Å². The van der Waals surface area contributed by atoms with Crippen molar-refractivity contribution in [2.45, 2.75) is 19.4 Å². The van der Waals surface area contributed by atoms with Crippen LogP contribution < -0.4 is 25.8 Å². The highest BCUT2D eigenvalue weighted by Crippen LogP contribution is 2.33. The van der Waals surface area contributed by atoms with Crippen LogP contribution in [-0.4, -0.2) is 114 Å². The molecule has 3 aromatic carbocycles. The van der Waals surface area contributed by atoms with Gasteiger partial charge in [-0.2, -0.15) is 10.2 Å². The van der Waals surface area contributed by atoms with Gasteiger partial charge in [0.05, 0.1) is 51.0 Å². The number of morpholine rings is 2. The molecule has 4 N–H and O–H groups in total. The van der Waals surface area contributed by atoms with Crippen LogP contribution in [0.25, 0.3) is 22.5 Å². The lowest BCUT2D eigenvalue weighted by molar-refractivity contribution is 0.0357. The smallest absolute Gasteiger partial charge is 0.319 e. The standard InChI is InChI=1S/C25H30ClN5O3.C17H24N4O2/c1-30-23(9-10-28-30)22-17-21(29-25(32)27-18-19-3-5-20(26)6-4-19)7-8-24(22)34-14-2-11-31-12-15-33-16-13-31;1-20-16(5-6-19-20)15-13-14(18)3-4-17(15)23-10-2-7-21-8-11-22-12-9-21/h3-10,17H,2,11-16,18H2,1H3,(H2,27,29,32);3-6,13H,2,7-12,18H2,1H3. The largest absolute Gasteiger partial charge is 0.493 e. The summed E-state index contributed by atoms with van der Waals surface area (Å²) in [5, 5.41) is 14.9. The van der Waals surface area contributed by atoms with Gasteiger partial charge < -0.3 is 35.3 Å². The van der Waals surface area contributed by atoms with Crippen LogP contribution in [0.5, 0.6) is 11.5 Å². The minimum Gasteiger partial charge on any atom is -0.493 e. The highest BCUT2D eigenvalue weighted by Gasteiger charge is 2.15. The van der Waals surface area contributed by atoms with Gasteiger partial charge in [-0.1, -0.05) is 23.7 Å². The van der Waals surface area contributed by atoms with E-state index >= 15 is 0 Å². The topological polar surface area (TPSA) is 146 Å². The van der Waals surface area contributed by atoms with Gasteiger partial charge in [-0.05, 0) is 79.1 Å². The Labute approximate surface area is 339 Å².